The van der Waals surface area contributed by atoms with Crippen molar-refractivity contribution in [3.63, 3.8) is 0 Å². The highest BCUT2D eigenvalue weighted by Crippen LogP contribution is 2.34. The summed E-state index contributed by atoms with van der Waals surface area (Å²) in [6.07, 6.45) is 3.02. The van der Waals surface area contributed by atoms with Gasteiger partial charge in [0.25, 0.3) is 0 Å². The summed E-state index contributed by atoms with van der Waals surface area (Å²) in [7, 11) is 2.68. The normalized spacial score (nSPS) is 17.2. The first kappa shape index (κ1) is 51.3. The number of carbonyl (C=O) groups is 3. The van der Waals surface area contributed by atoms with Crippen LogP contribution < -0.4 is 14.8 Å². The Balaban J connectivity index is 0.000000237. The predicted octanol–water partition coefficient (Wildman–Crippen LogP) is 9.48. The summed E-state index contributed by atoms with van der Waals surface area (Å²) in [4.78, 5) is 57.5. The number of aromatic nitrogens is 4. The Morgan fingerprint density at radius 2 is 1.16 bits per heavy atom. The summed E-state index contributed by atoms with van der Waals surface area (Å²) >= 11 is 0. The number of nitrogens with one attached hydrogen (secondary N) is 3. The van der Waals surface area contributed by atoms with E-state index in [1.807, 2.05) is 97.1 Å². The molecule has 68 heavy (non-hydrogen) atoms. The number of methoxy groups -OCH3 is 2. The van der Waals surface area contributed by atoms with Crippen LogP contribution in [0.3, 0.4) is 0 Å². The minimum atomic E-state index is -0.819. The van der Waals surface area contributed by atoms with Gasteiger partial charge in [0.15, 0.2) is 0 Å². The van der Waals surface area contributed by atoms with Gasteiger partial charge in [-0.15, -0.1) is 12.4 Å². The van der Waals surface area contributed by atoms with Gasteiger partial charge in [0.1, 0.15) is 41.3 Å². The number of amides is 1. The molecule has 2 fully saturated rings. The first-order valence-corrected chi connectivity index (χ1v) is 21.2. The Labute approximate surface area is 399 Å². The molecular weight excluding hydrogens is 892 g/mol. The standard InChI is InChI=1S/C27H29N3O5.C22H21N3O3.ClH.H2N4/c1-6-17-10-9-11-18(14-17)23-24(29-21-13-8-7-12-20(21)28-23)34-19-15-22(25(31)33-5)30(16-19)26(32)35-27(2,3)4;1-3-14-7-6-8-15(11-14)20-21(25-18-10-5-4-9-17(18)24-20)28-16-12-19(23-13-16)22(26)27-2;;1-3-4-2/h6-14,19,22H,1,15-16H2,2-5H3;3-11,16,19,23H,1,12-13H2,2H3;1H;1-2H/t19-,22+;16-,19+;;/m11../s1. The van der Waals surface area contributed by atoms with Crippen LogP contribution in [0.25, 0.3) is 56.7 Å². The summed E-state index contributed by atoms with van der Waals surface area (Å²) < 4.78 is 27.8. The molecule has 1 amide bonds. The van der Waals surface area contributed by atoms with E-state index in [9.17, 15) is 14.4 Å². The zero-order valence-corrected chi connectivity index (χ0v) is 39.1. The molecule has 0 aliphatic carbocycles. The van der Waals surface area contributed by atoms with E-state index in [-0.39, 0.29) is 43.5 Å². The Kier molecular flexibility index (Phi) is 17.8. The molecule has 4 heterocycles. The Bertz CT molecular complexity index is 2780. The number of likely N-dealkylation sites (tertiary alicyclic amines) is 1. The van der Waals surface area contributed by atoms with Gasteiger partial charge in [-0.05, 0) is 78.7 Å². The topological polar surface area (TPSA) is 237 Å². The lowest BCUT2D eigenvalue weighted by Gasteiger charge is -2.27. The van der Waals surface area contributed by atoms with Gasteiger partial charge in [-0.3, -0.25) is 9.69 Å². The molecule has 6 aromatic rings. The third-order valence-electron chi connectivity index (χ3n) is 10.4. The molecule has 8 rings (SSSR count). The quantitative estimate of drug-likeness (QED) is 0.0475. The number of hydrogen-bond acceptors (Lipinski definition) is 15. The number of ether oxygens (including phenoxy) is 5. The first-order chi connectivity index (χ1) is 32.3. The highest BCUT2D eigenvalue weighted by Gasteiger charge is 2.44. The molecule has 2 aliphatic heterocycles. The average Bonchev–Trinajstić information content (AvgIpc) is 4.00. The zero-order valence-electron chi connectivity index (χ0n) is 38.2. The van der Waals surface area contributed by atoms with E-state index in [0.29, 0.717) is 41.6 Å². The Hall–Kier alpha value is -7.70. The highest BCUT2D eigenvalue weighted by molar-refractivity contribution is 5.85. The van der Waals surface area contributed by atoms with Gasteiger partial charge in [0.05, 0.1) is 42.8 Å². The van der Waals surface area contributed by atoms with Crippen molar-refractivity contribution in [2.24, 2.45) is 10.4 Å². The second-order valence-electron chi connectivity index (χ2n) is 16.2. The minimum absolute atomic E-state index is 0. The van der Waals surface area contributed by atoms with E-state index >= 15 is 0 Å². The molecule has 4 atom stereocenters. The summed E-state index contributed by atoms with van der Waals surface area (Å²) in [5, 5.41) is 7.69. The maximum absolute atomic E-state index is 12.8. The van der Waals surface area contributed by atoms with Gasteiger partial charge in [-0.1, -0.05) is 86.0 Å². The van der Waals surface area contributed by atoms with Gasteiger partial charge in [-0.25, -0.2) is 29.5 Å². The lowest BCUT2D eigenvalue weighted by atomic mass is 10.1. The molecule has 0 bridgehead atoms. The number of esters is 2. The maximum Gasteiger partial charge on any atom is 0.411 e. The fraction of sp³-hybridized carbons (Fsp3) is 0.286. The van der Waals surface area contributed by atoms with E-state index in [2.05, 4.69) is 28.9 Å². The molecule has 0 unspecified atom stereocenters. The van der Waals surface area contributed by atoms with E-state index in [0.717, 1.165) is 38.8 Å². The van der Waals surface area contributed by atoms with Crippen molar-refractivity contribution < 1.29 is 38.1 Å². The summed E-state index contributed by atoms with van der Waals surface area (Å²) in [6, 6.07) is 29.7. The van der Waals surface area contributed by atoms with E-state index in [4.69, 9.17) is 54.7 Å². The number of rotatable bonds is 11. The van der Waals surface area contributed by atoms with Crippen LogP contribution in [0.5, 0.6) is 11.8 Å². The van der Waals surface area contributed by atoms with Crippen molar-refractivity contribution in [3.05, 3.63) is 121 Å². The number of halogens is 1. The van der Waals surface area contributed by atoms with Gasteiger partial charge in [0, 0.05) is 30.5 Å². The molecule has 2 aliphatic rings. The number of fused-ring (bicyclic) bond motifs is 2. The molecule has 19 heteroatoms. The largest absolute Gasteiger partial charge is 0.471 e. The zero-order chi connectivity index (χ0) is 48.1. The van der Waals surface area contributed by atoms with Crippen LogP contribution in [-0.2, 0) is 23.8 Å². The summed E-state index contributed by atoms with van der Waals surface area (Å²) in [5.41, 5.74) is 18.6. The summed E-state index contributed by atoms with van der Waals surface area (Å²) in [6.45, 7) is 13.7. The minimum Gasteiger partial charge on any atom is -0.471 e. The lowest BCUT2D eigenvalue weighted by Crippen LogP contribution is -2.44. The molecule has 4 aromatic carbocycles. The first-order valence-electron chi connectivity index (χ1n) is 21.2. The average molecular weight is 945 g/mol. The SMILES string of the molecule is C=Cc1cccc(-c2nc3ccccc3nc2O[C@@H]2C[C@@H](C(=O)OC)N(C(=O)OC(C)(C)C)C2)c1.C=Cc1cccc(-c2nc3ccccc3nc2O[C@H]2CN[C@H](C(=O)OC)C2)c1.Cl.N=NN=N. The highest BCUT2D eigenvalue weighted by atomic mass is 35.5. The fourth-order valence-electron chi connectivity index (χ4n) is 7.33. The summed E-state index contributed by atoms with van der Waals surface area (Å²) in [5.74, 6) is -0.0261. The van der Waals surface area contributed by atoms with Crippen LogP contribution in [0, 0.1) is 11.1 Å². The van der Waals surface area contributed by atoms with Crippen LogP contribution >= 0.6 is 12.4 Å². The molecule has 2 aromatic heterocycles. The van der Waals surface area contributed by atoms with Crippen LogP contribution in [-0.4, -0.2) is 100 Å². The van der Waals surface area contributed by atoms with Crippen LogP contribution in [0.4, 0.5) is 4.79 Å². The Morgan fingerprint density at radius 3 is 1.60 bits per heavy atom. The third-order valence-corrected chi connectivity index (χ3v) is 10.4. The molecule has 3 N–H and O–H groups in total. The van der Waals surface area contributed by atoms with Crippen molar-refractivity contribution in [2.75, 3.05) is 27.3 Å². The molecular formula is C49H53ClN10O8. The van der Waals surface area contributed by atoms with Crippen LogP contribution in [0.15, 0.2) is 121 Å². The molecule has 2 saturated heterocycles. The van der Waals surface area contributed by atoms with Gasteiger partial charge >= 0.3 is 18.0 Å². The van der Waals surface area contributed by atoms with Crippen molar-refractivity contribution in [1.29, 1.82) is 11.1 Å². The third kappa shape index (κ3) is 13.0. The second-order valence-corrected chi connectivity index (χ2v) is 16.2. The van der Waals surface area contributed by atoms with Gasteiger partial charge < -0.3 is 29.0 Å². The number of nitrogens with zero attached hydrogens (tertiary/aromatic N) is 7. The molecule has 0 saturated carbocycles. The monoisotopic (exact) mass is 944 g/mol. The lowest BCUT2D eigenvalue weighted by molar-refractivity contribution is -0.145. The molecule has 18 nitrogen and oxygen atoms in total. The number of hydrogen-bond donors (Lipinski definition) is 3. The number of para-hydroxylation sites is 4. The number of benzene rings is 4. The van der Waals surface area contributed by atoms with Crippen molar-refractivity contribution in [3.8, 4) is 34.3 Å². The fourth-order valence-corrected chi connectivity index (χ4v) is 7.33. The second kappa shape index (κ2) is 23.7. The van der Waals surface area contributed by atoms with E-state index in [1.54, 1.807) is 32.9 Å². The Morgan fingerprint density at radius 1 is 0.691 bits per heavy atom. The maximum atomic E-state index is 12.8. The molecule has 0 spiro atoms. The van der Waals surface area contributed by atoms with Crippen molar-refractivity contribution >= 4 is 64.7 Å². The molecule has 0 radical (unpaired) electrons. The smallest absolute Gasteiger partial charge is 0.411 e. The van der Waals surface area contributed by atoms with E-state index < -0.39 is 29.8 Å². The van der Waals surface area contributed by atoms with Crippen LogP contribution in [0.1, 0.15) is 44.7 Å². The number of carbonyl (C=O) groups excluding carboxylic acids is 3. The van der Waals surface area contributed by atoms with Crippen molar-refractivity contribution in [1.82, 2.24) is 30.2 Å². The molecule has 354 valence electrons. The predicted molar refractivity (Wildman–Crippen MR) is 258 cm³/mol. The van der Waals surface area contributed by atoms with E-state index in [1.165, 1.54) is 19.1 Å². The van der Waals surface area contributed by atoms with Crippen molar-refractivity contribution in [2.45, 2.75) is 63.5 Å². The van der Waals surface area contributed by atoms with Gasteiger partial charge in [-0.2, -0.15) is 11.1 Å². The van der Waals surface area contributed by atoms with Gasteiger partial charge in [0.2, 0.25) is 11.8 Å². The van der Waals surface area contributed by atoms with Crippen LogP contribution in [0.2, 0.25) is 0 Å².